The molecule has 0 fully saturated rings. The summed E-state index contributed by atoms with van der Waals surface area (Å²) in [7, 11) is 1.63. The smallest absolute Gasteiger partial charge is 0.257 e. The Kier molecular flexibility index (Phi) is 4.56. The molecule has 2 N–H and O–H groups in total. The molecule has 0 aliphatic carbocycles. The zero-order valence-corrected chi connectivity index (χ0v) is 14.3. The molecule has 0 spiro atoms. The summed E-state index contributed by atoms with van der Waals surface area (Å²) in [6, 6.07) is 11.8. The van der Waals surface area contributed by atoms with Crippen molar-refractivity contribution in [1.29, 1.82) is 0 Å². The van der Waals surface area contributed by atoms with Crippen LogP contribution in [0.2, 0.25) is 0 Å². The number of methoxy groups -OCH3 is 1. The molecule has 0 saturated heterocycles. The van der Waals surface area contributed by atoms with E-state index in [2.05, 4.69) is 36.3 Å². The number of fused-ring (bicyclic) bond motifs is 1. The van der Waals surface area contributed by atoms with Gasteiger partial charge in [0.25, 0.3) is 5.91 Å². The standard InChI is InChI=1S/C20H22N2O2/c1-4-13-7-6-8-14(5-2)19(13)22-20(23)17-12-21-18-11-15(24-3)9-10-16(17)18/h6-12,21H,4-5H2,1-3H3,(H,22,23). The van der Waals surface area contributed by atoms with Crippen LogP contribution in [0.4, 0.5) is 5.69 Å². The number of rotatable bonds is 5. The number of aromatic nitrogens is 1. The highest BCUT2D eigenvalue weighted by Crippen LogP contribution is 2.26. The van der Waals surface area contributed by atoms with E-state index in [0.29, 0.717) is 5.56 Å². The number of aryl methyl sites for hydroxylation is 2. The summed E-state index contributed by atoms with van der Waals surface area (Å²) < 4.78 is 5.23. The number of aromatic amines is 1. The lowest BCUT2D eigenvalue weighted by Gasteiger charge is -2.14. The number of nitrogens with one attached hydrogen (secondary N) is 2. The van der Waals surface area contributed by atoms with E-state index in [1.165, 1.54) is 0 Å². The van der Waals surface area contributed by atoms with Gasteiger partial charge in [0.2, 0.25) is 0 Å². The maximum Gasteiger partial charge on any atom is 0.257 e. The molecule has 3 rings (SSSR count). The van der Waals surface area contributed by atoms with Gasteiger partial charge in [-0.15, -0.1) is 0 Å². The Bertz CT molecular complexity index is 858. The SMILES string of the molecule is CCc1cccc(CC)c1NC(=O)c1c[nH]c2cc(OC)ccc12. The predicted octanol–water partition coefficient (Wildman–Crippen LogP) is 4.55. The quantitative estimate of drug-likeness (QED) is 0.724. The Hall–Kier alpha value is -2.75. The first kappa shape index (κ1) is 16.1. The summed E-state index contributed by atoms with van der Waals surface area (Å²) in [5, 5.41) is 4.00. The number of hydrogen-bond donors (Lipinski definition) is 2. The molecule has 4 heteroatoms. The molecule has 0 bridgehead atoms. The van der Waals surface area contributed by atoms with E-state index in [9.17, 15) is 4.79 Å². The summed E-state index contributed by atoms with van der Waals surface area (Å²) in [5.41, 5.74) is 4.78. The van der Waals surface area contributed by atoms with E-state index in [1.807, 2.05) is 24.3 Å². The van der Waals surface area contributed by atoms with Crippen molar-refractivity contribution in [2.24, 2.45) is 0 Å². The van der Waals surface area contributed by atoms with E-state index in [0.717, 1.165) is 46.3 Å². The summed E-state index contributed by atoms with van der Waals surface area (Å²) in [6.07, 6.45) is 3.52. The first-order chi connectivity index (χ1) is 11.7. The van der Waals surface area contributed by atoms with Gasteiger partial charge in [0.05, 0.1) is 12.7 Å². The van der Waals surface area contributed by atoms with Gasteiger partial charge in [-0.2, -0.15) is 0 Å². The van der Waals surface area contributed by atoms with Crippen molar-refractivity contribution >= 4 is 22.5 Å². The molecule has 0 radical (unpaired) electrons. The fraction of sp³-hybridized carbons (Fsp3) is 0.250. The van der Waals surface area contributed by atoms with Crippen LogP contribution in [0.25, 0.3) is 10.9 Å². The van der Waals surface area contributed by atoms with Crippen molar-refractivity contribution in [2.45, 2.75) is 26.7 Å². The van der Waals surface area contributed by atoms with Crippen LogP contribution in [-0.2, 0) is 12.8 Å². The first-order valence-corrected chi connectivity index (χ1v) is 8.25. The maximum absolute atomic E-state index is 12.8. The highest BCUT2D eigenvalue weighted by molar-refractivity contribution is 6.13. The van der Waals surface area contributed by atoms with Gasteiger partial charge in [-0.3, -0.25) is 4.79 Å². The molecule has 0 unspecified atom stereocenters. The van der Waals surface area contributed by atoms with Crippen molar-refractivity contribution < 1.29 is 9.53 Å². The van der Waals surface area contributed by atoms with Crippen LogP contribution in [0.3, 0.4) is 0 Å². The molecular weight excluding hydrogens is 300 g/mol. The van der Waals surface area contributed by atoms with Crippen LogP contribution in [0.1, 0.15) is 35.3 Å². The third-order valence-electron chi connectivity index (χ3n) is 4.37. The monoisotopic (exact) mass is 322 g/mol. The number of anilines is 1. The van der Waals surface area contributed by atoms with E-state index in [4.69, 9.17) is 4.74 Å². The molecule has 1 aromatic heterocycles. The summed E-state index contributed by atoms with van der Waals surface area (Å²) in [6.45, 7) is 4.20. The highest BCUT2D eigenvalue weighted by atomic mass is 16.5. The van der Waals surface area contributed by atoms with E-state index >= 15 is 0 Å². The minimum atomic E-state index is -0.0954. The molecule has 0 aliphatic rings. The van der Waals surface area contributed by atoms with Gasteiger partial charge in [0, 0.05) is 28.9 Å². The zero-order chi connectivity index (χ0) is 17.1. The summed E-state index contributed by atoms with van der Waals surface area (Å²) in [4.78, 5) is 16.0. The molecule has 3 aromatic rings. The molecule has 1 amide bonds. The predicted molar refractivity (Wildman–Crippen MR) is 98.0 cm³/mol. The third-order valence-corrected chi connectivity index (χ3v) is 4.37. The number of hydrogen-bond acceptors (Lipinski definition) is 2. The number of H-pyrrole nitrogens is 1. The van der Waals surface area contributed by atoms with E-state index < -0.39 is 0 Å². The second-order valence-corrected chi connectivity index (χ2v) is 5.73. The van der Waals surface area contributed by atoms with Gasteiger partial charge >= 0.3 is 0 Å². The topological polar surface area (TPSA) is 54.1 Å². The van der Waals surface area contributed by atoms with Gasteiger partial charge in [-0.1, -0.05) is 32.0 Å². The molecule has 0 aliphatic heterocycles. The Morgan fingerprint density at radius 1 is 1.12 bits per heavy atom. The van der Waals surface area contributed by atoms with Gasteiger partial charge in [0.15, 0.2) is 0 Å². The van der Waals surface area contributed by atoms with Crippen LogP contribution in [-0.4, -0.2) is 18.0 Å². The molecule has 2 aromatic carbocycles. The lowest BCUT2D eigenvalue weighted by molar-refractivity contribution is 0.102. The average molecular weight is 322 g/mol. The number of carbonyl (C=O) groups is 1. The number of benzene rings is 2. The molecule has 4 nitrogen and oxygen atoms in total. The van der Waals surface area contributed by atoms with E-state index in [-0.39, 0.29) is 5.91 Å². The molecule has 24 heavy (non-hydrogen) atoms. The van der Waals surface area contributed by atoms with Crippen molar-refractivity contribution in [3.05, 3.63) is 59.3 Å². The molecule has 0 atom stereocenters. The van der Waals surface area contributed by atoms with Crippen LogP contribution < -0.4 is 10.1 Å². The normalized spacial score (nSPS) is 10.8. The number of carbonyl (C=O) groups excluding carboxylic acids is 1. The Morgan fingerprint density at radius 2 is 1.83 bits per heavy atom. The fourth-order valence-corrected chi connectivity index (χ4v) is 3.00. The lowest BCUT2D eigenvalue weighted by atomic mass is 10.0. The van der Waals surface area contributed by atoms with Gasteiger partial charge in [-0.25, -0.2) is 0 Å². The Balaban J connectivity index is 1.96. The lowest BCUT2D eigenvalue weighted by Crippen LogP contribution is -2.14. The van der Waals surface area contributed by atoms with Gasteiger partial charge < -0.3 is 15.0 Å². The van der Waals surface area contributed by atoms with Crippen LogP contribution in [0.5, 0.6) is 5.75 Å². The average Bonchev–Trinajstić information content (AvgIpc) is 3.04. The fourth-order valence-electron chi connectivity index (χ4n) is 3.00. The van der Waals surface area contributed by atoms with Gasteiger partial charge in [0.1, 0.15) is 5.75 Å². The third kappa shape index (κ3) is 2.87. The number of ether oxygens (including phenoxy) is 1. The Morgan fingerprint density at radius 3 is 2.46 bits per heavy atom. The first-order valence-electron chi connectivity index (χ1n) is 8.25. The molecule has 1 heterocycles. The van der Waals surface area contributed by atoms with E-state index in [1.54, 1.807) is 13.3 Å². The minimum absolute atomic E-state index is 0.0954. The summed E-state index contributed by atoms with van der Waals surface area (Å²) >= 11 is 0. The maximum atomic E-state index is 12.8. The number of amides is 1. The Labute approximate surface area is 141 Å². The zero-order valence-electron chi connectivity index (χ0n) is 14.3. The summed E-state index contributed by atoms with van der Waals surface area (Å²) in [5.74, 6) is 0.669. The molecule has 0 saturated carbocycles. The molecular formula is C20H22N2O2. The van der Waals surface area contributed by atoms with Crippen molar-refractivity contribution in [1.82, 2.24) is 4.98 Å². The van der Waals surface area contributed by atoms with Crippen LogP contribution in [0, 0.1) is 0 Å². The second kappa shape index (κ2) is 6.79. The minimum Gasteiger partial charge on any atom is -0.497 e. The van der Waals surface area contributed by atoms with Crippen LogP contribution >= 0.6 is 0 Å². The largest absolute Gasteiger partial charge is 0.497 e. The molecule has 124 valence electrons. The number of para-hydroxylation sites is 1. The van der Waals surface area contributed by atoms with Crippen molar-refractivity contribution in [2.75, 3.05) is 12.4 Å². The van der Waals surface area contributed by atoms with Gasteiger partial charge in [-0.05, 0) is 36.1 Å². The highest BCUT2D eigenvalue weighted by Gasteiger charge is 2.15. The van der Waals surface area contributed by atoms with Crippen molar-refractivity contribution in [3.8, 4) is 5.75 Å². The second-order valence-electron chi connectivity index (χ2n) is 5.73. The van der Waals surface area contributed by atoms with Crippen molar-refractivity contribution in [3.63, 3.8) is 0 Å². The van der Waals surface area contributed by atoms with Crippen LogP contribution in [0.15, 0.2) is 42.6 Å².